The molecule has 0 radical (unpaired) electrons. The fraction of sp³-hybridized carbons (Fsp3) is 0.500. The lowest BCUT2D eigenvalue weighted by Gasteiger charge is -2.20. The summed E-state index contributed by atoms with van der Waals surface area (Å²) in [6, 6.07) is 3.52. The molecule has 3 rings (SSSR count). The van der Waals surface area contributed by atoms with Gasteiger partial charge in [0.05, 0.1) is 11.5 Å². The zero-order chi connectivity index (χ0) is 13.5. The number of pyridine rings is 1. The van der Waals surface area contributed by atoms with Crippen LogP contribution in [-0.4, -0.2) is 34.5 Å². The standard InChI is InChI=1S/C12H16N4O2S/c13-10-3-4-16-12(7-10)14-11(15-16)6-9-2-1-5-19(17,18)8-9/h3-4,7,9H,1-2,5-6,8,13H2. The minimum Gasteiger partial charge on any atom is -0.399 e. The molecule has 0 amide bonds. The molecule has 1 aliphatic heterocycles. The zero-order valence-corrected chi connectivity index (χ0v) is 11.3. The van der Waals surface area contributed by atoms with E-state index in [0.29, 0.717) is 29.3 Å². The maximum absolute atomic E-state index is 11.6. The third kappa shape index (κ3) is 2.70. The summed E-state index contributed by atoms with van der Waals surface area (Å²) in [5, 5.41) is 4.35. The molecule has 0 saturated carbocycles. The third-order valence-electron chi connectivity index (χ3n) is 3.43. The van der Waals surface area contributed by atoms with Gasteiger partial charge in [-0.05, 0) is 24.8 Å². The molecule has 6 nitrogen and oxygen atoms in total. The first-order valence-electron chi connectivity index (χ1n) is 6.33. The van der Waals surface area contributed by atoms with Gasteiger partial charge >= 0.3 is 0 Å². The number of anilines is 1. The lowest BCUT2D eigenvalue weighted by molar-refractivity contribution is 0.475. The summed E-state index contributed by atoms with van der Waals surface area (Å²) in [4.78, 5) is 4.39. The van der Waals surface area contributed by atoms with Gasteiger partial charge < -0.3 is 5.73 Å². The van der Waals surface area contributed by atoms with Crippen molar-refractivity contribution >= 4 is 21.2 Å². The second-order valence-electron chi connectivity index (χ2n) is 5.12. The zero-order valence-electron chi connectivity index (χ0n) is 10.5. The van der Waals surface area contributed by atoms with E-state index in [1.54, 1.807) is 22.8 Å². The molecule has 1 saturated heterocycles. The predicted molar refractivity (Wildman–Crippen MR) is 72.5 cm³/mol. The van der Waals surface area contributed by atoms with E-state index >= 15 is 0 Å². The first kappa shape index (κ1) is 12.4. The van der Waals surface area contributed by atoms with Gasteiger partial charge in [-0.15, -0.1) is 0 Å². The summed E-state index contributed by atoms with van der Waals surface area (Å²) in [6.45, 7) is 0. The maximum atomic E-state index is 11.6. The van der Waals surface area contributed by atoms with Gasteiger partial charge in [0.2, 0.25) is 0 Å². The molecule has 0 bridgehead atoms. The second kappa shape index (κ2) is 4.48. The van der Waals surface area contributed by atoms with E-state index in [1.807, 2.05) is 0 Å². The van der Waals surface area contributed by atoms with Crippen molar-refractivity contribution < 1.29 is 8.42 Å². The van der Waals surface area contributed by atoms with E-state index in [-0.39, 0.29) is 11.7 Å². The van der Waals surface area contributed by atoms with E-state index in [1.165, 1.54) is 0 Å². The number of hydrogen-bond acceptors (Lipinski definition) is 5. The molecule has 2 aromatic rings. The van der Waals surface area contributed by atoms with E-state index in [4.69, 9.17) is 5.73 Å². The molecular formula is C12H16N4O2S. The monoisotopic (exact) mass is 280 g/mol. The van der Waals surface area contributed by atoms with Crippen molar-refractivity contribution in [2.75, 3.05) is 17.2 Å². The second-order valence-corrected chi connectivity index (χ2v) is 7.35. The minimum absolute atomic E-state index is 0.133. The molecule has 1 aliphatic rings. The Kier molecular flexibility index (Phi) is 2.93. The van der Waals surface area contributed by atoms with Crippen LogP contribution in [0, 0.1) is 5.92 Å². The van der Waals surface area contributed by atoms with Gasteiger partial charge in [0.1, 0.15) is 0 Å². The van der Waals surface area contributed by atoms with Gasteiger partial charge in [-0.3, -0.25) is 0 Å². The van der Waals surface area contributed by atoms with Crippen molar-refractivity contribution in [1.29, 1.82) is 0 Å². The average molecular weight is 280 g/mol. The van der Waals surface area contributed by atoms with E-state index in [2.05, 4.69) is 10.1 Å². The van der Waals surface area contributed by atoms with Crippen LogP contribution >= 0.6 is 0 Å². The van der Waals surface area contributed by atoms with Crippen LogP contribution in [0.5, 0.6) is 0 Å². The number of sulfone groups is 1. The van der Waals surface area contributed by atoms with Crippen LogP contribution in [0.1, 0.15) is 18.7 Å². The summed E-state index contributed by atoms with van der Waals surface area (Å²) in [6.07, 6.45) is 4.05. The van der Waals surface area contributed by atoms with Gasteiger partial charge in [-0.1, -0.05) is 0 Å². The van der Waals surface area contributed by atoms with Gasteiger partial charge in [0, 0.05) is 24.4 Å². The summed E-state index contributed by atoms with van der Waals surface area (Å²) in [5.41, 5.74) is 7.04. The van der Waals surface area contributed by atoms with Crippen molar-refractivity contribution in [3.63, 3.8) is 0 Å². The molecule has 0 aliphatic carbocycles. The Morgan fingerprint density at radius 1 is 1.47 bits per heavy atom. The number of nitrogen functional groups attached to an aromatic ring is 1. The summed E-state index contributed by atoms with van der Waals surface area (Å²) < 4.78 is 24.9. The number of nitrogens with zero attached hydrogens (tertiary/aromatic N) is 3. The molecule has 0 aromatic carbocycles. The molecule has 1 unspecified atom stereocenters. The summed E-state index contributed by atoms with van der Waals surface area (Å²) in [5.74, 6) is 1.39. The van der Waals surface area contributed by atoms with Crippen LogP contribution in [0.2, 0.25) is 0 Å². The molecule has 1 fully saturated rings. The topological polar surface area (TPSA) is 90.4 Å². The quantitative estimate of drug-likeness (QED) is 0.873. The highest BCUT2D eigenvalue weighted by Crippen LogP contribution is 2.21. The Labute approximate surface area is 111 Å². The van der Waals surface area contributed by atoms with Gasteiger partial charge in [0.15, 0.2) is 21.3 Å². The number of rotatable bonds is 2. The molecular weight excluding hydrogens is 264 g/mol. The first-order chi connectivity index (χ1) is 9.02. The molecule has 0 spiro atoms. The van der Waals surface area contributed by atoms with Crippen LogP contribution in [-0.2, 0) is 16.3 Å². The predicted octanol–water partition coefficient (Wildman–Crippen LogP) is 0.679. The van der Waals surface area contributed by atoms with Crippen molar-refractivity contribution in [2.45, 2.75) is 19.3 Å². The Bertz CT molecular complexity index is 708. The SMILES string of the molecule is Nc1ccn2nc(CC3CCCS(=O)(=O)C3)nc2c1. The Balaban J connectivity index is 1.81. The van der Waals surface area contributed by atoms with E-state index in [9.17, 15) is 8.42 Å². The lowest BCUT2D eigenvalue weighted by Crippen LogP contribution is -2.26. The highest BCUT2D eigenvalue weighted by molar-refractivity contribution is 7.91. The van der Waals surface area contributed by atoms with Crippen molar-refractivity contribution in [1.82, 2.24) is 14.6 Å². The van der Waals surface area contributed by atoms with Gasteiger partial charge in [-0.2, -0.15) is 5.10 Å². The number of hydrogen-bond donors (Lipinski definition) is 1. The van der Waals surface area contributed by atoms with Gasteiger partial charge in [0.25, 0.3) is 0 Å². The van der Waals surface area contributed by atoms with Crippen molar-refractivity contribution in [3.8, 4) is 0 Å². The number of nitrogens with two attached hydrogens (primary N) is 1. The third-order valence-corrected chi connectivity index (χ3v) is 5.32. The Hall–Kier alpha value is -1.63. The fourth-order valence-electron chi connectivity index (χ4n) is 2.57. The van der Waals surface area contributed by atoms with Gasteiger partial charge in [-0.25, -0.2) is 17.9 Å². The van der Waals surface area contributed by atoms with Crippen LogP contribution < -0.4 is 5.73 Å². The maximum Gasteiger partial charge on any atom is 0.157 e. The molecule has 2 N–H and O–H groups in total. The van der Waals surface area contributed by atoms with E-state index < -0.39 is 9.84 Å². The first-order valence-corrected chi connectivity index (χ1v) is 8.15. The number of fused-ring (bicyclic) bond motifs is 1. The highest BCUT2D eigenvalue weighted by Gasteiger charge is 2.25. The molecule has 1 atom stereocenters. The van der Waals surface area contributed by atoms with Crippen LogP contribution in [0.4, 0.5) is 5.69 Å². The normalized spacial score (nSPS) is 22.6. The Morgan fingerprint density at radius 2 is 2.32 bits per heavy atom. The molecule has 7 heteroatoms. The molecule has 3 heterocycles. The van der Waals surface area contributed by atoms with Crippen molar-refractivity contribution in [2.24, 2.45) is 5.92 Å². The summed E-state index contributed by atoms with van der Waals surface area (Å²) >= 11 is 0. The largest absolute Gasteiger partial charge is 0.399 e. The molecule has 19 heavy (non-hydrogen) atoms. The minimum atomic E-state index is -2.87. The fourth-order valence-corrected chi connectivity index (χ4v) is 4.34. The lowest BCUT2D eigenvalue weighted by atomic mass is 10.0. The van der Waals surface area contributed by atoms with Crippen LogP contribution in [0.25, 0.3) is 5.65 Å². The molecule has 2 aromatic heterocycles. The van der Waals surface area contributed by atoms with E-state index in [0.717, 1.165) is 12.8 Å². The summed E-state index contributed by atoms with van der Waals surface area (Å²) in [7, 11) is -2.87. The van der Waals surface area contributed by atoms with Crippen LogP contribution in [0.3, 0.4) is 0 Å². The van der Waals surface area contributed by atoms with Crippen LogP contribution in [0.15, 0.2) is 18.3 Å². The highest BCUT2D eigenvalue weighted by atomic mass is 32.2. The molecule has 102 valence electrons. The Morgan fingerprint density at radius 3 is 3.11 bits per heavy atom. The number of aromatic nitrogens is 3. The van der Waals surface area contributed by atoms with Crippen molar-refractivity contribution in [3.05, 3.63) is 24.2 Å². The average Bonchev–Trinajstić information content (AvgIpc) is 2.68. The smallest absolute Gasteiger partial charge is 0.157 e.